The Labute approximate surface area is 112 Å². The summed E-state index contributed by atoms with van der Waals surface area (Å²) in [5.74, 6) is 3.29. The van der Waals surface area contributed by atoms with Gasteiger partial charge in [-0.05, 0) is 19.1 Å². The maximum Gasteiger partial charge on any atom is 0.152 e. The van der Waals surface area contributed by atoms with Crippen LogP contribution in [0.15, 0.2) is 18.2 Å². The Bertz CT molecular complexity index is 566. The Kier molecular flexibility index (Phi) is 3.89. The first-order chi connectivity index (χ1) is 9.15. The second-order valence-corrected chi connectivity index (χ2v) is 4.14. The minimum absolute atomic E-state index is 0.570. The first kappa shape index (κ1) is 13.2. The van der Waals surface area contributed by atoms with Crippen LogP contribution in [0.1, 0.15) is 11.6 Å². The minimum Gasteiger partial charge on any atom is -0.497 e. The maximum atomic E-state index is 5.31. The van der Waals surface area contributed by atoms with E-state index in [1.807, 2.05) is 36.7 Å². The van der Waals surface area contributed by atoms with Gasteiger partial charge in [-0.1, -0.05) is 0 Å². The van der Waals surface area contributed by atoms with Gasteiger partial charge in [-0.15, -0.1) is 10.2 Å². The average molecular weight is 262 g/mol. The number of benzene rings is 1. The Morgan fingerprint density at radius 1 is 1.21 bits per heavy atom. The van der Waals surface area contributed by atoms with Crippen LogP contribution >= 0.6 is 0 Å². The van der Waals surface area contributed by atoms with E-state index in [9.17, 15) is 0 Å². The molecule has 0 saturated heterocycles. The molecule has 0 unspecified atom stereocenters. The molecule has 0 radical (unpaired) electrons. The summed E-state index contributed by atoms with van der Waals surface area (Å²) in [4.78, 5) is 0. The van der Waals surface area contributed by atoms with Crippen LogP contribution in [0.2, 0.25) is 0 Å². The van der Waals surface area contributed by atoms with Gasteiger partial charge >= 0.3 is 0 Å². The summed E-state index contributed by atoms with van der Waals surface area (Å²) in [6.45, 7) is 2.49. The lowest BCUT2D eigenvalue weighted by atomic mass is 10.2. The molecule has 0 amide bonds. The van der Waals surface area contributed by atoms with Crippen LogP contribution in [0.5, 0.6) is 11.5 Å². The SMILES string of the molecule is COc1ccc(OC)c(NCc2nnc(C)n2C)c1. The molecule has 102 valence electrons. The van der Waals surface area contributed by atoms with Crippen molar-refractivity contribution in [3.05, 3.63) is 29.8 Å². The highest BCUT2D eigenvalue weighted by molar-refractivity contribution is 5.59. The molecule has 2 rings (SSSR count). The average Bonchev–Trinajstić information content (AvgIpc) is 2.76. The molecule has 0 bridgehead atoms. The number of aryl methyl sites for hydroxylation is 1. The zero-order chi connectivity index (χ0) is 13.8. The zero-order valence-electron chi connectivity index (χ0n) is 11.6. The van der Waals surface area contributed by atoms with Crippen molar-refractivity contribution < 1.29 is 9.47 Å². The second-order valence-electron chi connectivity index (χ2n) is 4.14. The molecule has 6 heteroatoms. The molecule has 6 nitrogen and oxygen atoms in total. The van der Waals surface area contributed by atoms with Crippen LogP contribution in [-0.2, 0) is 13.6 Å². The third kappa shape index (κ3) is 2.78. The van der Waals surface area contributed by atoms with Crippen molar-refractivity contribution in [1.29, 1.82) is 0 Å². The quantitative estimate of drug-likeness (QED) is 0.889. The summed E-state index contributed by atoms with van der Waals surface area (Å²) < 4.78 is 12.5. The van der Waals surface area contributed by atoms with Gasteiger partial charge in [-0.2, -0.15) is 0 Å². The summed E-state index contributed by atoms with van der Waals surface area (Å²) in [6.07, 6.45) is 0. The smallest absolute Gasteiger partial charge is 0.152 e. The number of aromatic nitrogens is 3. The van der Waals surface area contributed by atoms with Crippen molar-refractivity contribution in [2.24, 2.45) is 7.05 Å². The third-order valence-corrected chi connectivity index (χ3v) is 3.03. The molecule has 0 saturated carbocycles. The Hall–Kier alpha value is -2.24. The van der Waals surface area contributed by atoms with Crippen molar-refractivity contribution in [2.75, 3.05) is 19.5 Å². The molecule has 1 heterocycles. The van der Waals surface area contributed by atoms with E-state index in [1.54, 1.807) is 14.2 Å². The number of hydrogen-bond acceptors (Lipinski definition) is 5. The predicted octanol–water partition coefficient (Wildman–Crippen LogP) is 1.75. The normalized spacial score (nSPS) is 10.3. The number of hydrogen-bond donors (Lipinski definition) is 1. The first-order valence-electron chi connectivity index (χ1n) is 5.96. The molecule has 19 heavy (non-hydrogen) atoms. The number of rotatable bonds is 5. The van der Waals surface area contributed by atoms with Gasteiger partial charge in [0.15, 0.2) is 5.82 Å². The lowest BCUT2D eigenvalue weighted by Crippen LogP contribution is -2.07. The highest BCUT2D eigenvalue weighted by Gasteiger charge is 2.08. The summed E-state index contributed by atoms with van der Waals surface area (Å²) in [7, 11) is 5.21. The third-order valence-electron chi connectivity index (χ3n) is 3.03. The molecule has 0 fully saturated rings. The molecular formula is C13H18N4O2. The van der Waals surface area contributed by atoms with E-state index in [-0.39, 0.29) is 0 Å². The van der Waals surface area contributed by atoms with Gasteiger partial charge in [-0.3, -0.25) is 0 Å². The topological polar surface area (TPSA) is 61.2 Å². The summed E-state index contributed by atoms with van der Waals surface area (Å²) in [5.41, 5.74) is 0.863. The number of nitrogens with zero attached hydrogens (tertiary/aromatic N) is 3. The zero-order valence-corrected chi connectivity index (χ0v) is 11.6. The van der Waals surface area contributed by atoms with Crippen LogP contribution in [-0.4, -0.2) is 29.0 Å². The molecule has 1 aromatic heterocycles. The Morgan fingerprint density at radius 2 is 2.00 bits per heavy atom. The van der Waals surface area contributed by atoms with E-state index in [4.69, 9.17) is 9.47 Å². The van der Waals surface area contributed by atoms with Crippen LogP contribution in [0, 0.1) is 6.92 Å². The maximum absolute atomic E-state index is 5.31. The van der Waals surface area contributed by atoms with E-state index in [1.165, 1.54) is 0 Å². The van der Waals surface area contributed by atoms with Gasteiger partial charge in [0.2, 0.25) is 0 Å². The van der Waals surface area contributed by atoms with Gasteiger partial charge in [0.25, 0.3) is 0 Å². The van der Waals surface area contributed by atoms with Crippen molar-refractivity contribution >= 4 is 5.69 Å². The van der Waals surface area contributed by atoms with E-state index in [0.29, 0.717) is 6.54 Å². The fourth-order valence-corrected chi connectivity index (χ4v) is 1.73. The summed E-state index contributed by atoms with van der Waals surface area (Å²) in [5, 5.41) is 11.4. The van der Waals surface area contributed by atoms with Crippen molar-refractivity contribution in [2.45, 2.75) is 13.5 Å². The summed E-state index contributed by atoms with van der Waals surface area (Å²) >= 11 is 0. The number of methoxy groups -OCH3 is 2. The Balaban J connectivity index is 2.16. The fourth-order valence-electron chi connectivity index (χ4n) is 1.73. The van der Waals surface area contributed by atoms with Crippen LogP contribution in [0.25, 0.3) is 0 Å². The number of anilines is 1. The van der Waals surface area contributed by atoms with Crippen LogP contribution in [0.3, 0.4) is 0 Å². The van der Waals surface area contributed by atoms with Crippen molar-refractivity contribution in [3.8, 4) is 11.5 Å². The number of ether oxygens (including phenoxy) is 2. The van der Waals surface area contributed by atoms with Crippen LogP contribution in [0.4, 0.5) is 5.69 Å². The molecule has 0 aliphatic rings. The second kappa shape index (κ2) is 5.60. The molecule has 0 aliphatic heterocycles. The van der Waals surface area contributed by atoms with Gasteiger partial charge in [0.1, 0.15) is 17.3 Å². The van der Waals surface area contributed by atoms with Crippen molar-refractivity contribution in [3.63, 3.8) is 0 Å². The molecule has 1 aromatic carbocycles. The first-order valence-corrected chi connectivity index (χ1v) is 5.96. The lowest BCUT2D eigenvalue weighted by Gasteiger charge is -2.12. The highest BCUT2D eigenvalue weighted by Crippen LogP contribution is 2.29. The van der Waals surface area contributed by atoms with E-state index in [2.05, 4.69) is 15.5 Å². The largest absolute Gasteiger partial charge is 0.497 e. The minimum atomic E-state index is 0.570. The van der Waals surface area contributed by atoms with Gasteiger partial charge < -0.3 is 19.4 Å². The summed E-state index contributed by atoms with van der Waals surface area (Å²) in [6, 6.07) is 5.61. The van der Waals surface area contributed by atoms with E-state index < -0.39 is 0 Å². The Morgan fingerprint density at radius 3 is 2.58 bits per heavy atom. The van der Waals surface area contributed by atoms with Gasteiger partial charge in [-0.25, -0.2) is 0 Å². The van der Waals surface area contributed by atoms with E-state index >= 15 is 0 Å². The van der Waals surface area contributed by atoms with Gasteiger partial charge in [0, 0.05) is 13.1 Å². The standard InChI is InChI=1S/C13H18N4O2/c1-9-15-16-13(17(9)2)8-14-11-7-10(18-3)5-6-12(11)19-4/h5-7,14H,8H2,1-4H3. The molecule has 1 N–H and O–H groups in total. The monoisotopic (exact) mass is 262 g/mol. The van der Waals surface area contributed by atoms with E-state index in [0.717, 1.165) is 28.8 Å². The fraction of sp³-hybridized carbons (Fsp3) is 0.385. The number of nitrogens with one attached hydrogen (secondary N) is 1. The molecule has 0 aliphatic carbocycles. The molecule has 0 atom stereocenters. The van der Waals surface area contributed by atoms with Crippen LogP contribution < -0.4 is 14.8 Å². The molecule has 0 spiro atoms. The lowest BCUT2D eigenvalue weighted by molar-refractivity contribution is 0.404. The van der Waals surface area contributed by atoms with Gasteiger partial charge in [0.05, 0.1) is 26.5 Å². The highest BCUT2D eigenvalue weighted by atomic mass is 16.5. The molecule has 2 aromatic rings. The predicted molar refractivity (Wildman–Crippen MR) is 72.6 cm³/mol. The van der Waals surface area contributed by atoms with Crippen molar-refractivity contribution in [1.82, 2.24) is 14.8 Å². The molecular weight excluding hydrogens is 244 g/mol.